The van der Waals surface area contributed by atoms with E-state index in [0.29, 0.717) is 6.42 Å². The van der Waals surface area contributed by atoms with Gasteiger partial charge in [0.15, 0.2) is 11.6 Å². The third-order valence-electron chi connectivity index (χ3n) is 5.72. The van der Waals surface area contributed by atoms with E-state index in [0.717, 1.165) is 52.5 Å². The molecule has 6 rings (SSSR count). The lowest BCUT2D eigenvalue weighted by Gasteiger charge is -2.04. The first-order valence-corrected chi connectivity index (χ1v) is 10.3. The summed E-state index contributed by atoms with van der Waals surface area (Å²) in [5, 5.41) is 10.9. The Morgan fingerprint density at radius 1 is 0.839 bits per heavy atom. The maximum atomic E-state index is 11.1. The summed E-state index contributed by atoms with van der Waals surface area (Å²) in [6.45, 7) is 0. The van der Waals surface area contributed by atoms with Crippen molar-refractivity contribution in [3.8, 4) is 11.3 Å². The van der Waals surface area contributed by atoms with Crippen molar-refractivity contribution in [2.45, 2.75) is 19.3 Å². The first-order chi connectivity index (χ1) is 15.1. The summed E-state index contributed by atoms with van der Waals surface area (Å²) in [7, 11) is 0. The van der Waals surface area contributed by atoms with Gasteiger partial charge in [-0.3, -0.25) is 9.89 Å². The van der Waals surface area contributed by atoms with E-state index in [1.165, 1.54) is 16.7 Å². The molecule has 31 heavy (non-hydrogen) atoms. The van der Waals surface area contributed by atoms with Gasteiger partial charge < -0.3 is 16.8 Å². The molecule has 0 bridgehead atoms. The van der Waals surface area contributed by atoms with Gasteiger partial charge in [0.2, 0.25) is 0 Å². The normalized spacial score (nSPS) is 13.1. The number of para-hydroxylation sites is 1. The van der Waals surface area contributed by atoms with E-state index in [1.807, 2.05) is 54.6 Å². The van der Waals surface area contributed by atoms with E-state index in [2.05, 4.69) is 21.6 Å². The number of hydrogen-bond acceptors (Lipinski definition) is 5. The monoisotopic (exact) mass is 409 g/mol. The van der Waals surface area contributed by atoms with Crippen LogP contribution in [0.3, 0.4) is 0 Å². The molecule has 154 valence electrons. The number of benzene rings is 3. The third kappa shape index (κ3) is 3.64. The number of nitrogens with one attached hydrogen (secondary N) is 2. The van der Waals surface area contributed by atoms with Crippen molar-refractivity contribution in [1.29, 1.82) is 0 Å². The van der Waals surface area contributed by atoms with Gasteiger partial charge in [-0.15, -0.1) is 0 Å². The molecule has 4 aromatic rings. The molecular weight excluding hydrogens is 386 g/mol. The van der Waals surface area contributed by atoms with E-state index in [9.17, 15) is 4.79 Å². The van der Waals surface area contributed by atoms with Crippen LogP contribution < -0.4 is 16.8 Å². The van der Waals surface area contributed by atoms with E-state index < -0.39 is 0 Å². The van der Waals surface area contributed by atoms with Crippen LogP contribution in [0.1, 0.15) is 33.5 Å². The van der Waals surface area contributed by atoms with Crippen LogP contribution in [-0.2, 0) is 12.8 Å². The van der Waals surface area contributed by atoms with Crippen molar-refractivity contribution in [2.75, 3.05) is 16.8 Å². The second-order valence-electron chi connectivity index (χ2n) is 7.85. The Labute approximate surface area is 180 Å². The number of ketones is 1. The SMILES string of the molecule is Nc1ccc2c(c1)CCC2=O.Nc1ccc2c(c1)Cc1c(Nc3ccccc3)n[nH]c1-2. The molecular formula is C25H23N5O. The molecule has 6 nitrogen and oxygen atoms in total. The van der Waals surface area contributed by atoms with Crippen LogP contribution in [0.25, 0.3) is 11.3 Å². The molecule has 0 saturated heterocycles. The zero-order valence-electron chi connectivity index (χ0n) is 17.0. The fourth-order valence-corrected chi connectivity index (χ4v) is 4.19. The second-order valence-corrected chi connectivity index (χ2v) is 7.85. The highest BCUT2D eigenvalue weighted by molar-refractivity contribution is 6.00. The standard InChI is InChI=1S/C16H14N4.C9H9NO/c17-11-6-7-13-10(8-11)9-14-15(13)19-20-16(14)18-12-4-2-1-3-5-12;10-7-2-3-8-6(5-7)1-4-9(8)11/h1-8H,9,17H2,(H2,18,19,20);2-3,5H,1,4,10H2. The van der Waals surface area contributed by atoms with Gasteiger partial charge in [-0.2, -0.15) is 5.10 Å². The highest BCUT2D eigenvalue weighted by atomic mass is 16.1. The molecule has 0 atom stereocenters. The summed E-state index contributed by atoms with van der Waals surface area (Å²) < 4.78 is 0. The Hall–Kier alpha value is -4.06. The van der Waals surface area contributed by atoms with Crippen molar-refractivity contribution in [2.24, 2.45) is 0 Å². The van der Waals surface area contributed by atoms with Gasteiger partial charge in [0, 0.05) is 46.6 Å². The van der Waals surface area contributed by atoms with Crippen molar-refractivity contribution in [1.82, 2.24) is 10.2 Å². The summed E-state index contributed by atoms with van der Waals surface area (Å²) >= 11 is 0. The second kappa shape index (κ2) is 7.65. The molecule has 0 amide bonds. The van der Waals surface area contributed by atoms with Crippen LogP contribution in [0, 0.1) is 0 Å². The van der Waals surface area contributed by atoms with Crippen molar-refractivity contribution < 1.29 is 4.79 Å². The Balaban J connectivity index is 0.000000157. The summed E-state index contributed by atoms with van der Waals surface area (Å²) in [5.74, 6) is 1.14. The number of nitrogens with zero attached hydrogens (tertiary/aromatic N) is 1. The van der Waals surface area contributed by atoms with Crippen LogP contribution in [-0.4, -0.2) is 16.0 Å². The molecule has 6 heteroatoms. The number of nitrogens with two attached hydrogens (primary N) is 2. The molecule has 3 aromatic carbocycles. The van der Waals surface area contributed by atoms with E-state index in [4.69, 9.17) is 11.5 Å². The Morgan fingerprint density at radius 3 is 2.32 bits per heavy atom. The van der Waals surface area contributed by atoms with Crippen molar-refractivity contribution >= 4 is 28.7 Å². The smallest absolute Gasteiger partial charge is 0.163 e. The molecule has 1 aromatic heterocycles. The summed E-state index contributed by atoms with van der Waals surface area (Å²) in [6.07, 6.45) is 2.37. The average Bonchev–Trinajstić information content (AvgIpc) is 3.43. The van der Waals surface area contributed by atoms with Gasteiger partial charge in [-0.25, -0.2) is 0 Å². The van der Waals surface area contributed by atoms with Gasteiger partial charge in [-0.05, 0) is 60.0 Å². The highest BCUT2D eigenvalue weighted by Crippen LogP contribution is 2.40. The van der Waals surface area contributed by atoms with Crippen LogP contribution in [0.5, 0.6) is 0 Å². The molecule has 1 heterocycles. The van der Waals surface area contributed by atoms with Crippen LogP contribution in [0.2, 0.25) is 0 Å². The van der Waals surface area contributed by atoms with Gasteiger partial charge >= 0.3 is 0 Å². The number of aromatic amines is 1. The molecule has 0 saturated carbocycles. The number of fused-ring (bicyclic) bond motifs is 4. The van der Waals surface area contributed by atoms with E-state index in [1.54, 1.807) is 6.07 Å². The number of anilines is 4. The number of carbonyl (C=O) groups excluding carboxylic acids is 1. The minimum absolute atomic E-state index is 0.250. The minimum Gasteiger partial charge on any atom is -0.399 e. The number of carbonyl (C=O) groups is 1. The van der Waals surface area contributed by atoms with Gasteiger partial charge in [-0.1, -0.05) is 24.3 Å². The number of hydrogen-bond donors (Lipinski definition) is 4. The van der Waals surface area contributed by atoms with Crippen LogP contribution in [0.15, 0.2) is 66.7 Å². The molecule has 0 radical (unpaired) electrons. The zero-order chi connectivity index (χ0) is 21.4. The minimum atomic E-state index is 0.250. The fourth-order valence-electron chi connectivity index (χ4n) is 4.19. The first-order valence-electron chi connectivity index (χ1n) is 10.3. The zero-order valence-corrected chi connectivity index (χ0v) is 17.0. The highest BCUT2D eigenvalue weighted by Gasteiger charge is 2.24. The number of rotatable bonds is 2. The largest absolute Gasteiger partial charge is 0.399 e. The predicted molar refractivity (Wildman–Crippen MR) is 124 cm³/mol. The Kier molecular flexibility index (Phi) is 4.67. The quantitative estimate of drug-likeness (QED) is 0.316. The van der Waals surface area contributed by atoms with E-state index in [-0.39, 0.29) is 5.78 Å². The molecule has 0 unspecified atom stereocenters. The number of aryl methyl sites for hydroxylation is 1. The van der Waals surface area contributed by atoms with Crippen LogP contribution in [0.4, 0.5) is 22.9 Å². The lowest BCUT2D eigenvalue weighted by Crippen LogP contribution is -1.94. The van der Waals surface area contributed by atoms with Gasteiger partial charge in [0.1, 0.15) is 0 Å². The lowest BCUT2D eigenvalue weighted by atomic mass is 10.1. The maximum absolute atomic E-state index is 11.1. The third-order valence-corrected chi connectivity index (χ3v) is 5.72. The topological polar surface area (TPSA) is 110 Å². The Morgan fingerprint density at radius 2 is 1.55 bits per heavy atom. The predicted octanol–water partition coefficient (Wildman–Crippen LogP) is 4.70. The van der Waals surface area contributed by atoms with Crippen molar-refractivity contribution in [3.05, 3.63) is 89.0 Å². The fraction of sp³-hybridized carbons (Fsp3) is 0.120. The number of nitrogen functional groups attached to an aromatic ring is 2. The molecule has 0 aliphatic heterocycles. The summed E-state index contributed by atoms with van der Waals surface area (Å²) in [5.41, 5.74) is 20.7. The Bertz CT molecular complexity index is 1280. The molecule has 2 aliphatic carbocycles. The van der Waals surface area contributed by atoms with Gasteiger partial charge in [0.25, 0.3) is 0 Å². The number of aromatic nitrogens is 2. The molecule has 0 fully saturated rings. The molecule has 6 N–H and O–H groups in total. The van der Waals surface area contributed by atoms with E-state index >= 15 is 0 Å². The average molecular weight is 409 g/mol. The number of Topliss-reactive ketones (excluding diaryl/α,β-unsaturated/α-hetero) is 1. The summed E-state index contributed by atoms with van der Waals surface area (Å²) in [6, 6.07) is 21.6. The van der Waals surface area contributed by atoms with Gasteiger partial charge in [0.05, 0.1) is 5.69 Å². The molecule has 2 aliphatic rings. The number of H-pyrrole nitrogens is 1. The van der Waals surface area contributed by atoms with Crippen molar-refractivity contribution in [3.63, 3.8) is 0 Å². The molecule has 0 spiro atoms. The maximum Gasteiger partial charge on any atom is 0.163 e. The lowest BCUT2D eigenvalue weighted by molar-refractivity contribution is 0.0994. The van der Waals surface area contributed by atoms with Crippen LogP contribution >= 0.6 is 0 Å². The first kappa shape index (κ1) is 18.9. The summed E-state index contributed by atoms with van der Waals surface area (Å²) in [4.78, 5) is 11.1.